The molecular formula is C23H30O3. The minimum atomic E-state index is -0.461. The number of rotatable bonds is 10. The van der Waals surface area contributed by atoms with Gasteiger partial charge < -0.3 is 9.84 Å². The van der Waals surface area contributed by atoms with Gasteiger partial charge in [-0.2, -0.15) is 0 Å². The molecule has 2 aromatic carbocycles. The van der Waals surface area contributed by atoms with Crippen LogP contribution in [0.2, 0.25) is 0 Å². The minimum Gasteiger partial charge on any atom is -0.427 e. The molecule has 140 valence electrons. The quantitative estimate of drug-likeness (QED) is 0.320. The van der Waals surface area contributed by atoms with Crippen molar-refractivity contribution in [2.24, 2.45) is 0 Å². The van der Waals surface area contributed by atoms with Gasteiger partial charge in [-0.25, -0.2) is 0 Å². The van der Waals surface area contributed by atoms with E-state index in [4.69, 9.17) is 4.74 Å². The number of carbonyl (C=O) groups excluding carboxylic acids is 1. The molecule has 1 atom stereocenters. The van der Waals surface area contributed by atoms with Crippen molar-refractivity contribution in [2.75, 3.05) is 0 Å². The van der Waals surface area contributed by atoms with Crippen LogP contribution in [0.5, 0.6) is 5.75 Å². The van der Waals surface area contributed by atoms with Gasteiger partial charge >= 0.3 is 5.97 Å². The third-order valence-corrected chi connectivity index (χ3v) is 4.55. The molecule has 0 saturated carbocycles. The third-order valence-electron chi connectivity index (χ3n) is 4.55. The monoisotopic (exact) mass is 354 g/mol. The Morgan fingerprint density at radius 2 is 1.42 bits per heavy atom. The molecule has 3 heteroatoms. The average molecular weight is 354 g/mol. The maximum absolute atomic E-state index is 11.9. The molecular weight excluding hydrogens is 324 g/mol. The zero-order valence-corrected chi connectivity index (χ0v) is 15.9. The Morgan fingerprint density at radius 3 is 2.00 bits per heavy atom. The number of hydrogen-bond acceptors (Lipinski definition) is 3. The zero-order chi connectivity index (χ0) is 18.8. The van der Waals surface area contributed by atoms with E-state index in [0.717, 1.165) is 29.5 Å². The Kier molecular flexibility index (Phi) is 8.36. The van der Waals surface area contributed by atoms with Gasteiger partial charge in [0.1, 0.15) is 5.75 Å². The van der Waals surface area contributed by atoms with Crippen LogP contribution in [-0.2, 0) is 4.79 Å². The topological polar surface area (TPSA) is 46.5 Å². The summed E-state index contributed by atoms with van der Waals surface area (Å²) in [5.41, 5.74) is 3.02. The summed E-state index contributed by atoms with van der Waals surface area (Å²) in [6.07, 6.45) is 6.98. The van der Waals surface area contributed by atoms with Crippen molar-refractivity contribution in [1.82, 2.24) is 0 Å². The van der Waals surface area contributed by atoms with Crippen molar-refractivity contribution in [2.45, 2.75) is 64.9 Å². The Labute approximate surface area is 157 Å². The Balaban J connectivity index is 1.80. The predicted octanol–water partition coefficient (Wildman–Crippen LogP) is 6.06. The maximum Gasteiger partial charge on any atom is 0.311 e. The molecule has 3 nitrogen and oxygen atoms in total. The SMILES string of the molecule is CCCCCCCCC(=O)Oc1ccc(-c2ccc(C(C)O)cc2)cc1. The number of benzene rings is 2. The van der Waals surface area contributed by atoms with Crippen molar-refractivity contribution >= 4 is 5.97 Å². The highest BCUT2D eigenvalue weighted by atomic mass is 16.5. The first-order chi connectivity index (χ1) is 12.6. The molecule has 0 heterocycles. The van der Waals surface area contributed by atoms with Crippen LogP contribution in [0.15, 0.2) is 48.5 Å². The summed E-state index contributed by atoms with van der Waals surface area (Å²) in [5, 5.41) is 9.57. The summed E-state index contributed by atoms with van der Waals surface area (Å²) in [5.74, 6) is 0.430. The fourth-order valence-electron chi connectivity index (χ4n) is 2.90. The largest absolute Gasteiger partial charge is 0.427 e. The van der Waals surface area contributed by atoms with E-state index in [2.05, 4.69) is 6.92 Å². The highest BCUT2D eigenvalue weighted by molar-refractivity contribution is 5.73. The fraction of sp³-hybridized carbons (Fsp3) is 0.435. The Bertz CT molecular complexity index is 657. The molecule has 0 radical (unpaired) electrons. The molecule has 0 bridgehead atoms. The normalized spacial score (nSPS) is 12.0. The standard InChI is InChI=1S/C23H30O3/c1-3-4-5-6-7-8-9-23(25)26-22-16-14-21(15-17-22)20-12-10-19(11-13-20)18(2)24/h10-18,24H,3-9H2,1-2H3. The van der Waals surface area contributed by atoms with Crippen LogP contribution >= 0.6 is 0 Å². The van der Waals surface area contributed by atoms with Crippen molar-refractivity contribution in [3.63, 3.8) is 0 Å². The lowest BCUT2D eigenvalue weighted by molar-refractivity contribution is -0.134. The minimum absolute atomic E-state index is 0.158. The number of carbonyl (C=O) groups is 1. The lowest BCUT2D eigenvalue weighted by atomic mass is 10.0. The van der Waals surface area contributed by atoms with Crippen molar-refractivity contribution < 1.29 is 14.6 Å². The fourth-order valence-corrected chi connectivity index (χ4v) is 2.90. The molecule has 0 aliphatic heterocycles. The van der Waals surface area contributed by atoms with Crippen LogP contribution < -0.4 is 4.74 Å². The molecule has 1 unspecified atom stereocenters. The van der Waals surface area contributed by atoms with Gasteiger partial charge in [-0.15, -0.1) is 0 Å². The maximum atomic E-state index is 11.9. The van der Waals surface area contributed by atoms with E-state index in [9.17, 15) is 9.90 Å². The molecule has 0 aliphatic rings. The molecule has 2 rings (SSSR count). The predicted molar refractivity (Wildman–Crippen MR) is 106 cm³/mol. The van der Waals surface area contributed by atoms with Crippen LogP contribution in [0, 0.1) is 0 Å². The van der Waals surface area contributed by atoms with Gasteiger partial charge in [-0.05, 0) is 42.2 Å². The van der Waals surface area contributed by atoms with Gasteiger partial charge in [-0.1, -0.05) is 75.4 Å². The highest BCUT2D eigenvalue weighted by Crippen LogP contribution is 2.24. The first-order valence-electron chi connectivity index (χ1n) is 9.69. The molecule has 0 saturated heterocycles. The smallest absolute Gasteiger partial charge is 0.311 e. The number of aliphatic hydroxyl groups excluding tert-OH is 1. The van der Waals surface area contributed by atoms with Crippen molar-refractivity contribution in [3.05, 3.63) is 54.1 Å². The molecule has 2 aromatic rings. The van der Waals surface area contributed by atoms with Gasteiger partial charge in [0.2, 0.25) is 0 Å². The van der Waals surface area contributed by atoms with Crippen molar-refractivity contribution in [1.29, 1.82) is 0 Å². The van der Waals surface area contributed by atoms with E-state index in [1.54, 1.807) is 6.92 Å². The second-order valence-corrected chi connectivity index (χ2v) is 6.81. The molecule has 1 N–H and O–H groups in total. The molecule has 0 fully saturated rings. The zero-order valence-electron chi connectivity index (χ0n) is 15.9. The first kappa shape index (κ1) is 20.2. The van der Waals surface area contributed by atoms with E-state index in [1.165, 1.54) is 25.7 Å². The number of aliphatic hydroxyl groups is 1. The molecule has 0 aliphatic carbocycles. The lowest BCUT2D eigenvalue weighted by Crippen LogP contribution is -2.07. The summed E-state index contributed by atoms with van der Waals surface area (Å²) in [4.78, 5) is 11.9. The van der Waals surface area contributed by atoms with Gasteiger partial charge in [0, 0.05) is 6.42 Å². The van der Waals surface area contributed by atoms with E-state index >= 15 is 0 Å². The summed E-state index contributed by atoms with van der Waals surface area (Å²) in [6, 6.07) is 15.4. The summed E-state index contributed by atoms with van der Waals surface area (Å²) < 4.78 is 5.41. The summed E-state index contributed by atoms with van der Waals surface area (Å²) in [6.45, 7) is 3.95. The Hall–Kier alpha value is -2.13. The first-order valence-corrected chi connectivity index (χ1v) is 9.69. The average Bonchev–Trinajstić information content (AvgIpc) is 2.65. The molecule has 0 spiro atoms. The molecule has 26 heavy (non-hydrogen) atoms. The van der Waals surface area contributed by atoms with Crippen molar-refractivity contribution in [3.8, 4) is 16.9 Å². The number of esters is 1. The number of hydrogen-bond donors (Lipinski definition) is 1. The molecule has 0 amide bonds. The molecule has 0 aromatic heterocycles. The highest BCUT2D eigenvalue weighted by Gasteiger charge is 2.06. The summed E-state index contributed by atoms with van der Waals surface area (Å²) in [7, 11) is 0. The van der Waals surface area contributed by atoms with E-state index in [1.807, 2.05) is 48.5 Å². The van der Waals surface area contributed by atoms with Gasteiger partial charge in [0.05, 0.1) is 6.10 Å². The number of ether oxygens (including phenoxy) is 1. The van der Waals surface area contributed by atoms with Crippen LogP contribution in [0.3, 0.4) is 0 Å². The van der Waals surface area contributed by atoms with Crippen LogP contribution in [0.4, 0.5) is 0 Å². The van der Waals surface area contributed by atoms with Crippen LogP contribution in [0.1, 0.15) is 70.5 Å². The van der Waals surface area contributed by atoms with Crippen LogP contribution in [0.25, 0.3) is 11.1 Å². The third kappa shape index (κ3) is 6.64. The van der Waals surface area contributed by atoms with Gasteiger partial charge in [0.25, 0.3) is 0 Å². The number of unbranched alkanes of at least 4 members (excludes halogenated alkanes) is 5. The second kappa shape index (κ2) is 10.8. The lowest BCUT2D eigenvalue weighted by Gasteiger charge is -2.08. The summed E-state index contributed by atoms with van der Waals surface area (Å²) >= 11 is 0. The van der Waals surface area contributed by atoms with Gasteiger partial charge in [0.15, 0.2) is 0 Å². The van der Waals surface area contributed by atoms with Gasteiger partial charge in [-0.3, -0.25) is 4.79 Å². The van der Waals surface area contributed by atoms with E-state index < -0.39 is 6.10 Å². The Morgan fingerprint density at radius 1 is 0.885 bits per heavy atom. The van der Waals surface area contributed by atoms with Crippen LogP contribution in [-0.4, -0.2) is 11.1 Å². The van der Waals surface area contributed by atoms with E-state index in [0.29, 0.717) is 12.2 Å². The van der Waals surface area contributed by atoms with E-state index in [-0.39, 0.29) is 5.97 Å². The second-order valence-electron chi connectivity index (χ2n) is 6.81.